The minimum absolute atomic E-state index is 0.0333. The predicted molar refractivity (Wildman–Crippen MR) is 133 cm³/mol. The third kappa shape index (κ3) is 7.50. The Morgan fingerprint density at radius 2 is 1.29 bits per heavy atom. The maximum absolute atomic E-state index is 13.5. The number of carbonyl (C=O) groups is 2. The maximum Gasteiger partial charge on any atom is 0.307 e. The first-order valence-electron chi connectivity index (χ1n) is 11.4. The number of rotatable bonds is 12. The highest BCUT2D eigenvalue weighted by Gasteiger charge is 2.18. The average molecular weight is 478 g/mol. The van der Waals surface area contributed by atoms with Crippen LogP contribution < -0.4 is 14.2 Å². The number of benzene rings is 3. The average Bonchev–Trinajstić information content (AvgIpc) is 2.88. The summed E-state index contributed by atoms with van der Waals surface area (Å²) in [5.74, 6) is 0.892. The molecule has 0 unspecified atom stereocenters. The van der Waals surface area contributed by atoms with E-state index in [0.29, 0.717) is 30.2 Å². The molecule has 0 saturated heterocycles. The van der Waals surface area contributed by atoms with E-state index in [0.717, 1.165) is 29.7 Å². The number of hydrogen-bond acceptors (Lipinski definition) is 5. The molecule has 3 aromatic rings. The van der Waals surface area contributed by atoms with Gasteiger partial charge in [0, 0.05) is 24.7 Å². The van der Waals surface area contributed by atoms with E-state index in [4.69, 9.17) is 19.3 Å². The van der Waals surface area contributed by atoms with Gasteiger partial charge in [0.2, 0.25) is 0 Å². The second-order valence-electron chi connectivity index (χ2n) is 8.17. The lowest BCUT2D eigenvalue weighted by atomic mass is 10.1. The van der Waals surface area contributed by atoms with E-state index in [1.165, 1.54) is 5.56 Å². The van der Waals surface area contributed by atoms with E-state index in [2.05, 4.69) is 0 Å². The van der Waals surface area contributed by atoms with Gasteiger partial charge in [-0.1, -0.05) is 36.4 Å². The maximum atomic E-state index is 13.5. The number of amides is 1. The normalized spacial score (nSPS) is 10.5. The van der Waals surface area contributed by atoms with Gasteiger partial charge in [-0.05, 0) is 53.8 Å². The zero-order valence-corrected chi connectivity index (χ0v) is 20.3. The second-order valence-corrected chi connectivity index (χ2v) is 8.17. The van der Waals surface area contributed by atoms with E-state index >= 15 is 0 Å². The van der Waals surface area contributed by atoms with Crippen LogP contribution in [-0.4, -0.2) is 49.8 Å². The lowest BCUT2D eigenvalue weighted by Crippen LogP contribution is -2.32. The molecule has 0 fully saturated rings. The molecular formula is C28H31NO6. The SMILES string of the molecule is COc1ccc(CCCN(Cc2ccc(CC(=O)O)cc2)C(=O)c2cc(OC)cc(OC)c2)cc1. The molecule has 1 N–H and O–H groups in total. The van der Waals surface area contributed by atoms with Crippen LogP contribution in [0.25, 0.3) is 0 Å². The van der Waals surface area contributed by atoms with E-state index in [1.807, 2.05) is 36.4 Å². The molecule has 3 rings (SSSR count). The van der Waals surface area contributed by atoms with Crippen LogP contribution in [0.5, 0.6) is 17.2 Å². The minimum atomic E-state index is -0.875. The Bertz CT molecular complexity index is 1100. The van der Waals surface area contributed by atoms with Crippen molar-refractivity contribution in [2.75, 3.05) is 27.9 Å². The van der Waals surface area contributed by atoms with E-state index in [9.17, 15) is 9.59 Å². The summed E-state index contributed by atoms with van der Waals surface area (Å²) in [6, 6.07) is 20.4. The first-order chi connectivity index (χ1) is 16.9. The summed E-state index contributed by atoms with van der Waals surface area (Å²) < 4.78 is 15.9. The fourth-order valence-electron chi connectivity index (χ4n) is 3.79. The summed E-state index contributed by atoms with van der Waals surface area (Å²) in [6.07, 6.45) is 1.55. The van der Waals surface area contributed by atoms with Crippen molar-refractivity contribution in [2.45, 2.75) is 25.8 Å². The van der Waals surface area contributed by atoms with Gasteiger partial charge in [-0.3, -0.25) is 9.59 Å². The molecule has 7 nitrogen and oxygen atoms in total. The molecule has 0 radical (unpaired) electrons. The van der Waals surface area contributed by atoms with Crippen LogP contribution in [0, 0.1) is 0 Å². The molecule has 0 bridgehead atoms. The number of hydrogen-bond donors (Lipinski definition) is 1. The van der Waals surface area contributed by atoms with Gasteiger partial charge < -0.3 is 24.2 Å². The van der Waals surface area contributed by atoms with E-state index in [1.54, 1.807) is 56.6 Å². The van der Waals surface area contributed by atoms with Crippen LogP contribution in [0.1, 0.15) is 33.5 Å². The molecule has 0 spiro atoms. The Balaban J connectivity index is 1.78. The van der Waals surface area contributed by atoms with Gasteiger partial charge in [0.1, 0.15) is 17.2 Å². The number of aryl methyl sites for hydroxylation is 1. The molecule has 7 heteroatoms. The van der Waals surface area contributed by atoms with Crippen molar-refractivity contribution >= 4 is 11.9 Å². The van der Waals surface area contributed by atoms with Crippen LogP contribution >= 0.6 is 0 Å². The number of carboxylic acid groups (broad SMARTS) is 1. The summed E-state index contributed by atoms with van der Waals surface area (Å²) >= 11 is 0. The zero-order chi connectivity index (χ0) is 25.2. The Hall–Kier alpha value is -4.00. The smallest absolute Gasteiger partial charge is 0.307 e. The van der Waals surface area contributed by atoms with Crippen molar-refractivity contribution in [3.8, 4) is 17.2 Å². The Morgan fingerprint density at radius 3 is 1.83 bits per heavy atom. The summed E-state index contributed by atoms with van der Waals surface area (Å²) in [5.41, 5.74) is 3.29. The highest BCUT2D eigenvalue weighted by atomic mass is 16.5. The molecule has 0 heterocycles. The van der Waals surface area contributed by atoms with Gasteiger partial charge in [-0.25, -0.2) is 0 Å². The largest absolute Gasteiger partial charge is 0.497 e. The molecule has 0 atom stereocenters. The van der Waals surface area contributed by atoms with Gasteiger partial charge in [0.15, 0.2) is 0 Å². The van der Waals surface area contributed by atoms with Crippen LogP contribution in [0.3, 0.4) is 0 Å². The third-order valence-corrected chi connectivity index (χ3v) is 5.69. The van der Waals surface area contributed by atoms with Gasteiger partial charge in [0.05, 0.1) is 27.8 Å². The van der Waals surface area contributed by atoms with Crippen LogP contribution in [0.15, 0.2) is 66.7 Å². The molecule has 0 aliphatic heterocycles. The second kappa shape index (κ2) is 12.5. The van der Waals surface area contributed by atoms with E-state index < -0.39 is 5.97 Å². The highest BCUT2D eigenvalue weighted by molar-refractivity contribution is 5.95. The van der Waals surface area contributed by atoms with Crippen molar-refractivity contribution in [1.82, 2.24) is 4.90 Å². The summed E-state index contributed by atoms with van der Waals surface area (Å²) in [6.45, 7) is 0.940. The fraction of sp³-hybridized carbons (Fsp3) is 0.286. The quantitative estimate of drug-likeness (QED) is 0.410. The van der Waals surface area contributed by atoms with Crippen molar-refractivity contribution < 1.29 is 28.9 Å². The summed E-state index contributed by atoms with van der Waals surface area (Å²) in [5, 5.41) is 9.01. The third-order valence-electron chi connectivity index (χ3n) is 5.69. The monoisotopic (exact) mass is 477 g/mol. The molecular weight excluding hydrogens is 446 g/mol. The first-order valence-corrected chi connectivity index (χ1v) is 11.4. The van der Waals surface area contributed by atoms with Crippen LogP contribution in [0.4, 0.5) is 0 Å². The lowest BCUT2D eigenvalue weighted by molar-refractivity contribution is -0.136. The highest BCUT2D eigenvalue weighted by Crippen LogP contribution is 2.24. The van der Waals surface area contributed by atoms with Gasteiger partial charge in [0.25, 0.3) is 5.91 Å². The molecule has 1 amide bonds. The number of nitrogens with zero attached hydrogens (tertiary/aromatic N) is 1. The molecule has 0 aliphatic rings. The first kappa shape index (κ1) is 25.6. The minimum Gasteiger partial charge on any atom is -0.497 e. The Morgan fingerprint density at radius 1 is 0.743 bits per heavy atom. The van der Waals surface area contributed by atoms with Crippen LogP contribution in [0.2, 0.25) is 0 Å². The number of carbonyl (C=O) groups excluding carboxylic acids is 1. The van der Waals surface area contributed by atoms with E-state index in [-0.39, 0.29) is 12.3 Å². The van der Waals surface area contributed by atoms with Gasteiger partial charge in [-0.2, -0.15) is 0 Å². The molecule has 184 valence electrons. The molecule has 35 heavy (non-hydrogen) atoms. The lowest BCUT2D eigenvalue weighted by Gasteiger charge is -2.24. The zero-order valence-electron chi connectivity index (χ0n) is 20.3. The number of aliphatic carboxylic acids is 1. The molecule has 0 aliphatic carbocycles. The summed E-state index contributed by atoms with van der Waals surface area (Å²) in [4.78, 5) is 26.3. The van der Waals surface area contributed by atoms with Gasteiger partial charge >= 0.3 is 5.97 Å². The molecule has 3 aromatic carbocycles. The predicted octanol–water partition coefficient (Wildman–Crippen LogP) is 4.61. The number of ether oxygens (including phenoxy) is 3. The number of carboxylic acids is 1. The van der Waals surface area contributed by atoms with Crippen molar-refractivity contribution in [1.29, 1.82) is 0 Å². The Kier molecular flexibility index (Phi) is 9.12. The number of methoxy groups -OCH3 is 3. The summed E-state index contributed by atoms with van der Waals surface area (Å²) in [7, 11) is 4.74. The molecule has 0 aromatic heterocycles. The Labute approximate surface area is 205 Å². The van der Waals surface area contributed by atoms with Crippen molar-refractivity contribution in [3.63, 3.8) is 0 Å². The standard InChI is InChI=1S/C28H31NO6/c1-33-24-12-10-20(11-13-24)5-4-14-29(19-22-8-6-21(7-9-22)15-27(30)31)28(32)23-16-25(34-2)18-26(17-23)35-3/h6-13,16-18H,4-5,14-15,19H2,1-3H3,(H,30,31). The van der Waals surface area contributed by atoms with Crippen molar-refractivity contribution in [2.24, 2.45) is 0 Å². The molecule has 0 saturated carbocycles. The fourth-order valence-corrected chi connectivity index (χ4v) is 3.79. The topological polar surface area (TPSA) is 85.3 Å². The van der Waals surface area contributed by atoms with Gasteiger partial charge in [-0.15, -0.1) is 0 Å². The van der Waals surface area contributed by atoms with Crippen LogP contribution in [-0.2, 0) is 24.2 Å². The van der Waals surface area contributed by atoms with Crippen molar-refractivity contribution in [3.05, 3.63) is 89.0 Å².